The van der Waals surface area contributed by atoms with E-state index in [4.69, 9.17) is 0 Å². The van der Waals surface area contributed by atoms with Crippen LogP contribution < -0.4 is 0 Å². The first-order valence-corrected chi connectivity index (χ1v) is 14.9. The maximum atomic E-state index is 15.1. The minimum atomic E-state index is -0.598. The fourth-order valence-electron chi connectivity index (χ4n) is 6.98. The average molecular weight is 483 g/mol. The average Bonchev–Trinajstić information content (AvgIpc) is 2.90. The molecule has 2 unspecified atom stereocenters. The smallest absolute Gasteiger partial charge is 0.162 e. The number of hydrogen-bond donors (Lipinski definition) is 0. The van der Waals surface area contributed by atoms with Crippen LogP contribution in [0.3, 0.4) is 0 Å². The summed E-state index contributed by atoms with van der Waals surface area (Å²) in [4.78, 5) is 0. The van der Waals surface area contributed by atoms with Gasteiger partial charge in [0.05, 0.1) is 0 Å². The molecule has 0 radical (unpaired) electrons. The van der Waals surface area contributed by atoms with Crippen molar-refractivity contribution < 1.29 is 8.78 Å². The SMILES string of the molecule is CCCCCC1CCC(C=CC2C=CC(c3ccc(C4CCC(CC)CC4)c(F)c3F)CC2)CC1. The van der Waals surface area contributed by atoms with Gasteiger partial charge in [-0.3, -0.25) is 0 Å². The molecule has 2 fully saturated rings. The van der Waals surface area contributed by atoms with Crippen molar-refractivity contribution in [3.05, 3.63) is 59.2 Å². The van der Waals surface area contributed by atoms with Crippen LogP contribution in [-0.2, 0) is 0 Å². The van der Waals surface area contributed by atoms with Crippen LogP contribution in [0, 0.1) is 35.3 Å². The highest BCUT2D eigenvalue weighted by Gasteiger charge is 2.28. The van der Waals surface area contributed by atoms with Gasteiger partial charge < -0.3 is 0 Å². The molecular weight excluding hydrogens is 434 g/mol. The molecule has 0 bridgehead atoms. The van der Waals surface area contributed by atoms with E-state index in [1.165, 1.54) is 57.8 Å². The van der Waals surface area contributed by atoms with Gasteiger partial charge in [-0.15, -0.1) is 0 Å². The van der Waals surface area contributed by atoms with Gasteiger partial charge >= 0.3 is 0 Å². The molecule has 0 aromatic heterocycles. The molecule has 3 aliphatic rings. The van der Waals surface area contributed by atoms with E-state index in [9.17, 15) is 0 Å². The minimum absolute atomic E-state index is 0.00223. The number of allylic oxidation sites excluding steroid dienone is 4. The largest absolute Gasteiger partial charge is 0.203 e. The van der Waals surface area contributed by atoms with Crippen molar-refractivity contribution in [2.75, 3.05) is 0 Å². The normalized spacial score (nSPS) is 31.8. The lowest BCUT2D eigenvalue weighted by Gasteiger charge is -2.29. The molecular formula is C33H48F2. The van der Waals surface area contributed by atoms with E-state index < -0.39 is 11.6 Å². The molecule has 0 amide bonds. The molecule has 0 saturated heterocycles. The lowest BCUT2D eigenvalue weighted by molar-refractivity contribution is 0.289. The fourth-order valence-corrected chi connectivity index (χ4v) is 6.98. The summed E-state index contributed by atoms with van der Waals surface area (Å²) in [6.45, 7) is 4.52. The molecule has 4 rings (SSSR count). The van der Waals surface area contributed by atoms with Crippen LogP contribution in [0.2, 0.25) is 0 Å². The lowest BCUT2D eigenvalue weighted by Crippen LogP contribution is -2.15. The fraction of sp³-hybridized carbons (Fsp3) is 0.697. The van der Waals surface area contributed by atoms with E-state index in [2.05, 4.69) is 38.2 Å². The van der Waals surface area contributed by atoms with E-state index in [0.717, 1.165) is 56.3 Å². The Labute approximate surface area is 213 Å². The maximum Gasteiger partial charge on any atom is 0.162 e. The summed E-state index contributed by atoms with van der Waals surface area (Å²) >= 11 is 0. The molecule has 2 heteroatoms. The Bertz CT molecular complexity index is 837. The second-order valence-electron chi connectivity index (χ2n) is 11.9. The molecule has 1 aromatic carbocycles. The van der Waals surface area contributed by atoms with E-state index in [-0.39, 0.29) is 11.8 Å². The molecule has 0 spiro atoms. The summed E-state index contributed by atoms with van der Waals surface area (Å²) in [7, 11) is 0. The molecule has 2 saturated carbocycles. The predicted molar refractivity (Wildman–Crippen MR) is 145 cm³/mol. The molecule has 0 heterocycles. The Morgan fingerprint density at radius 3 is 2.06 bits per heavy atom. The highest BCUT2D eigenvalue weighted by molar-refractivity contribution is 5.34. The van der Waals surface area contributed by atoms with Gasteiger partial charge in [0.15, 0.2) is 11.6 Å². The van der Waals surface area contributed by atoms with Gasteiger partial charge in [0, 0.05) is 5.92 Å². The first-order valence-electron chi connectivity index (χ1n) is 14.9. The number of benzene rings is 1. The van der Waals surface area contributed by atoms with Crippen molar-refractivity contribution in [1.29, 1.82) is 0 Å². The van der Waals surface area contributed by atoms with Gasteiger partial charge in [-0.1, -0.05) is 82.4 Å². The Morgan fingerprint density at radius 1 is 0.714 bits per heavy atom. The van der Waals surface area contributed by atoms with Crippen LogP contribution in [0.5, 0.6) is 0 Å². The van der Waals surface area contributed by atoms with Crippen molar-refractivity contribution >= 4 is 0 Å². The molecule has 0 N–H and O–H groups in total. The number of unbranched alkanes of at least 4 members (excludes halogenated alkanes) is 2. The Kier molecular flexibility index (Phi) is 10.0. The van der Waals surface area contributed by atoms with Crippen LogP contribution in [0.25, 0.3) is 0 Å². The quantitative estimate of drug-likeness (QED) is 0.242. The summed E-state index contributed by atoms with van der Waals surface area (Å²) in [6.07, 6.45) is 27.6. The number of rotatable bonds is 9. The summed E-state index contributed by atoms with van der Waals surface area (Å²) in [5, 5.41) is 0. The van der Waals surface area contributed by atoms with Gasteiger partial charge in [-0.05, 0) is 105 Å². The van der Waals surface area contributed by atoms with E-state index in [1.54, 1.807) is 0 Å². The third-order valence-corrected chi connectivity index (χ3v) is 9.54. The van der Waals surface area contributed by atoms with Gasteiger partial charge in [0.2, 0.25) is 0 Å². The molecule has 1 aromatic rings. The summed E-state index contributed by atoms with van der Waals surface area (Å²) < 4.78 is 30.2. The zero-order chi connectivity index (χ0) is 24.6. The molecule has 0 nitrogen and oxygen atoms in total. The molecule has 2 atom stereocenters. The first kappa shape index (κ1) is 26.6. The van der Waals surface area contributed by atoms with E-state index in [0.29, 0.717) is 17.0 Å². The van der Waals surface area contributed by atoms with E-state index >= 15 is 8.78 Å². The highest BCUT2D eigenvalue weighted by atomic mass is 19.2. The highest BCUT2D eigenvalue weighted by Crippen LogP contribution is 2.41. The second kappa shape index (κ2) is 13.2. The Hall–Kier alpha value is -1.44. The van der Waals surface area contributed by atoms with Crippen LogP contribution in [0.15, 0.2) is 36.4 Å². The van der Waals surface area contributed by atoms with Crippen LogP contribution in [0.1, 0.15) is 133 Å². The van der Waals surface area contributed by atoms with Gasteiger partial charge in [-0.2, -0.15) is 0 Å². The third kappa shape index (κ3) is 7.07. The molecule has 194 valence electrons. The molecule has 3 aliphatic carbocycles. The predicted octanol–water partition coefficient (Wildman–Crippen LogP) is 10.6. The van der Waals surface area contributed by atoms with Gasteiger partial charge in [0.25, 0.3) is 0 Å². The monoisotopic (exact) mass is 482 g/mol. The first-order chi connectivity index (χ1) is 17.1. The summed E-state index contributed by atoms with van der Waals surface area (Å²) in [5.41, 5.74) is 1.16. The lowest BCUT2D eigenvalue weighted by atomic mass is 9.76. The van der Waals surface area contributed by atoms with Crippen molar-refractivity contribution in [2.24, 2.45) is 23.7 Å². The topological polar surface area (TPSA) is 0 Å². The minimum Gasteiger partial charge on any atom is -0.203 e. The van der Waals surface area contributed by atoms with Crippen molar-refractivity contribution in [3.8, 4) is 0 Å². The van der Waals surface area contributed by atoms with Crippen molar-refractivity contribution in [1.82, 2.24) is 0 Å². The van der Waals surface area contributed by atoms with Crippen LogP contribution in [-0.4, -0.2) is 0 Å². The van der Waals surface area contributed by atoms with Crippen molar-refractivity contribution in [3.63, 3.8) is 0 Å². The van der Waals surface area contributed by atoms with Crippen molar-refractivity contribution in [2.45, 2.75) is 122 Å². The zero-order valence-corrected chi connectivity index (χ0v) is 22.3. The van der Waals surface area contributed by atoms with E-state index in [1.807, 2.05) is 12.1 Å². The summed E-state index contributed by atoms with van der Waals surface area (Å²) in [6, 6.07) is 3.77. The maximum absolute atomic E-state index is 15.1. The number of hydrogen-bond acceptors (Lipinski definition) is 0. The number of halogens is 2. The van der Waals surface area contributed by atoms with Gasteiger partial charge in [-0.25, -0.2) is 8.78 Å². The summed E-state index contributed by atoms with van der Waals surface area (Å²) in [5.74, 6) is 1.89. The van der Waals surface area contributed by atoms with Crippen LogP contribution >= 0.6 is 0 Å². The molecule has 0 aliphatic heterocycles. The third-order valence-electron chi connectivity index (χ3n) is 9.54. The second-order valence-corrected chi connectivity index (χ2v) is 11.9. The van der Waals surface area contributed by atoms with Gasteiger partial charge in [0.1, 0.15) is 0 Å². The zero-order valence-electron chi connectivity index (χ0n) is 22.3. The molecule has 35 heavy (non-hydrogen) atoms. The standard InChI is InChI=1S/C33H48F2/c1-3-5-6-7-25-8-10-26(11-9-25)12-13-27-16-20-29(21-17-27)31-23-22-30(32(34)33(31)35)28-18-14-24(4-2)15-19-28/h12-13,16,20,22-29H,3-11,14-15,17-19,21H2,1-2H3. The van der Waals surface area contributed by atoms with Crippen LogP contribution in [0.4, 0.5) is 8.78 Å². The Balaban J connectivity index is 1.28. The Morgan fingerprint density at radius 2 is 1.40 bits per heavy atom.